The molecule has 8 N–H and O–H groups in total. The van der Waals surface area contributed by atoms with Crippen LogP contribution in [0.15, 0.2) is 109 Å². The Morgan fingerprint density at radius 3 is 2.10 bits per heavy atom. The summed E-state index contributed by atoms with van der Waals surface area (Å²) in [4.78, 5) is 41.5. The van der Waals surface area contributed by atoms with E-state index in [0.29, 0.717) is 70.2 Å². The molecule has 0 spiro atoms. The van der Waals surface area contributed by atoms with Crippen LogP contribution in [0.3, 0.4) is 0 Å². The quantitative estimate of drug-likeness (QED) is 0.0756. The molecule has 1 aliphatic heterocycles. The van der Waals surface area contributed by atoms with Gasteiger partial charge in [0.1, 0.15) is 0 Å². The number of aliphatic hydroxyl groups excluding tert-OH is 1. The third kappa shape index (κ3) is 7.70. The number of hydrogen-bond acceptors (Lipinski definition) is 9. The highest BCUT2D eigenvalue weighted by molar-refractivity contribution is 6.09. The summed E-state index contributed by atoms with van der Waals surface area (Å²) in [6.45, 7) is 2.43. The molecule has 52 heavy (non-hydrogen) atoms. The van der Waals surface area contributed by atoms with Gasteiger partial charge < -0.3 is 37.2 Å². The first-order valence-corrected chi connectivity index (χ1v) is 16.8. The molecular weight excluding hydrogens is 660 g/mol. The molecule has 0 bridgehead atoms. The number of carbonyl (C=O) groups is 3. The van der Waals surface area contributed by atoms with Crippen LogP contribution in [0.2, 0.25) is 0 Å². The molecule has 1 aliphatic rings. The van der Waals surface area contributed by atoms with Gasteiger partial charge in [-0.25, -0.2) is 0 Å². The summed E-state index contributed by atoms with van der Waals surface area (Å²) in [7, 11) is 0. The van der Waals surface area contributed by atoms with Crippen LogP contribution in [0.1, 0.15) is 50.9 Å². The number of benzene rings is 4. The molecule has 6 rings (SSSR count). The van der Waals surface area contributed by atoms with E-state index in [9.17, 15) is 19.5 Å². The fraction of sp³-hybridized carbons (Fsp3) is 0.205. The number of rotatable bonds is 13. The largest absolute Gasteiger partial charge is 0.399 e. The van der Waals surface area contributed by atoms with Crippen LogP contribution in [-0.4, -0.2) is 49.5 Å². The van der Waals surface area contributed by atoms with Crippen molar-refractivity contribution in [2.45, 2.75) is 38.5 Å². The second-order valence-electron chi connectivity index (χ2n) is 12.7. The van der Waals surface area contributed by atoms with Crippen LogP contribution in [0.5, 0.6) is 0 Å². The Morgan fingerprint density at radius 2 is 1.48 bits per heavy atom. The summed E-state index contributed by atoms with van der Waals surface area (Å²) in [5, 5.41) is 35.3. The standard InChI is InChI=1S/C39H40N8O5/c1-25(4-2-3-20-46-24-33(19-21-48)44-45-46)39(52)34-22-32(43-37(50)28-9-13-30(41)14-10-28)17-18-35(34)47(38(39)51)23-26-5-15-31(16-6-26)42-36(49)27-7-11-29(40)12-8-27/h2,4-18,22,24-25,48,52H,3,19-21,23,40-41H2,1H3,(H,42,49)(H,43,50)/b4-2+/t25-,39+/m0/s1. The van der Waals surface area contributed by atoms with Crippen LogP contribution in [0, 0.1) is 5.92 Å². The highest BCUT2D eigenvalue weighted by Gasteiger charge is 2.52. The van der Waals surface area contributed by atoms with Gasteiger partial charge in [0.25, 0.3) is 17.7 Å². The zero-order valence-corrected chi connectivity index (χ0v) is 28.6. The van der Waals surface area contributed by atoms with Gasteiger partial charge >= 0.3 is 0 Å². The minimum atomic E-state index is -1.94. The number of aryl methyl sites for hydroxylation is 1. The van der Waals surface area contributed by atoms with Gasteiger partial charge in [0, 0.05) is 71.1 Å². The minimum Gasteiger partial charge on any atom is -0.399 e. The Labute approximate surface area is 300 Å². The molecule has 0 unspecified atom stereocenters. The SMILES string of the molecule is C[C@@H](/C=C/CCn1cc(CCO)nn1)[C@]1(O)C(=O)N(Cc2ccc(NC(=O)c3ccc(N)cc3)cc2)c2ccc(NC(=O)c3ccc(N)cc3)cc21. The minimum absolute atomic E-state index is 0.0111. The Balaban J connectivity index is 1.22. The number of nitrogens with two attached hydrogens (primary N) is 2. The summed E-state index contributed by atoms with van der Waals surface area (Å²) >= 11 is 0. The third-order valence-electron chi connectivity index (χ3n) is 8.99. The molecule has 5 aromatic rings. The van der Waals surface area contributed by atoms with Crippen LogP contribution in [-0.2, 0) is 29.9 Å². The monoisotopic (exact) mass is 700 g/mol. The number of amides is 3. The maximum absolute atomic E-state index is 14.3. The lowest BCUT2D eigenvalue weighted by Gasteiger charge is -2.28. The van der Waals surface area contributed by atoms with E-state index < -0.39 is 17.4 Å². The number of nitrogen functional groups attached to an aromatic ring is 2. The predicted molar refractivity (Wildman–Crippen MR) is 199 cm³/mol. The lowest BCUT2D eigenvalue weighted by molar-refractivity contribution is -0.139. The Kier molecular flexibility index (Phi) is 10.4. The smallest absolute Gasteiger partial charge is 0.264 e. The van der Waals surface area contributed by atoms with Crippen molar-refractivity contribution in [3.63, 3.8) is 0 Å². The summed E-state index contributed by atoms with van der Waals surface area (Å²) in [6, 6.07) is 25.3. The predicted octanol–water partition coefficient (Wildman–Crippen LogP) is 4.50. The van der Waals surface area contributed by atoms with E-state index in [-0.39, 0.29) is 25.0 Å². The molecule has 266 valence electrons. The van der Waals surface area contributed by atoms with Crippen molar-refractivity contribution in [2.24, 2.45) is 5.92 Å². The number of aliphatic hydroxyl groups is 2. The van der Waals surface area contributed by atoms with Crippen molar-refractivity contribution in [2.75, 3.05) is 33.6 Å². The van der Waals surface area contributed by atoms with Crippen molar-refractivity contribution in [1.29, 1.82) is 0 Å². The van der Waals surface area contributed by atoms with E-state index in [1.807, 2.05) is 18.2 Å². The van der Waals surface area contributed by atoms with Gasteiger partial charge in [-0.3, -0.25) is 19.1 Å². The van der Waals surface area contributed by atoms with Gasteiger partial charge in [0.15, 0.2) is 5.60 Å². The Morgan fingerprint density at radius 1 is 0.885 bits per heavy atom. The number of nitrogens with zero attached hydrogens (tertiary/aromatic N) is 4. The molecule has 0 aliphatic carbocycles. The summed E-state index contributed by atoms with van der Waals surface area (Å²) in [5.74, 6) is -1.81. The van der Waals surface area contributed by atoms with E-state index in [1.165, 1.54) is 4.90 Å². The molecular formula is C39H40N8O5. The number of fused-ring (bicyclic) bond motifs is 1. The van der Waals surface area contributed by atoms with Gasteiger partial charge in [0.2, 0.25) is 0 Å². The topological polar surface area (TPSA) is 202 Å². The van der Waals surface area contributed by atoms with Gasteiger partial charge in [-0.05, 0) is 90.8 Å². The van der Waals surface area contributed by atoms with E-state index >= 15 is 0 Å². The van der Waals surface area contributed by atoms with Crippen molar-refractivity contribution >= 4 is 46.2 Å². The lowest BCUT2D eigenvalue weighted by Crippen LogP contribution is -2.44. The molecule has 2 atom stereocenters. The van der Waals surface area contributed by atoms with E-state index in [4.69, 9.17) is 16.6 Å². The summed E-state index contributed by atoms with van der Waals surface area (Å²) in [5.41, 5.74) is 14.9. The maximum Gasteiger partial charge on any atom is 0.264 e. The fourth-order valence-corrected chi connectivity index (χ4v) is 6.06. The number of aromatic nitrogens is 3. The molecule has 13 heteroatoms. The highest BCUT2D eigenvalue weighted by atomic mass is 16.3. The van der Waals surface area contributed by atoms with Crippen molar-refractivity contribution in [3.8, 4) is 0 Å². The first-order chi connectivity index (χ1) is 25.0. The first kappa shape index (κ1) is 35.5. The van der Waals surface area contributed by atoms with Crippen molar-refractivity contribution < 1.29 is 24.6 Å². The summed E-state index contributed by atoms with van der Waals surface area (Å²) < 4.78 is 1.68. The van der Waals surface area contributed by atoms with Crippen LogP contribution >= 0.6 is 0 Å². The Bertz CT molecular complexity index is 2090. The molecule has 2 heterocycles. The molecule has 0 saturated carbocycles. The summed E-state index contributed by atoms with van der Waals surface area (Å²) in [6.07, 6.45) is 6.44. The highest BCUT2D eigenvalue weighted by Crippen LogP contribution is 2.47. The molecule has 1 aromatic heterocycles. The fourth-order valence-electron chi connectivity index (χ4n) is 6.06. The van der Waals surface area contributed by atoms with E-state index in [2.05, 4.69) is 20.9 Å². The van der Waals surface area contributed by atoms with Crippen LogP contribution in [0.25, 0.3) is 0 Å². The molecule has 0 saturated heterocycles. The van der Waals surface area contributed by atoms with Gasteiger partial charge in [0.05, 0.1) is 17.9 Å². The maximum atomic E-state index is 14.3. The average Bonchev–Trinajstić information content (AvgIpc) is 3.67. The van der Waals surface area contributed by atoms with Crippen molar-refractivity contribution in [3.05, 3.63) is 137 Å². The van der Waals surface area contributed by atoms with Gasteiger partial charge in [-0.2, -0.15) is 0 Å². The van der Waals surface area contributed by atoms with E-state index in [1.54, 1.807) is 103 Å². The zero-order chi connectivity index (χ0) is 36.8. The third-order valence-corrected chi connectivity index (χ3v) is 8.99. The Hall–Kier alpha value is -6.31. The molecule has 4 aromatic carbocycles. The lowest BCUT2D eigenvalue weighted by atomic mass is 9.82. The molecule has 0 fully saturated rings. The number of nitrogens with one attached hydrogen (secondary N) is 2. The van der Waals surface area contributed by atoms with Crippen LogP contribution in [0.4, 0.5) is 28.4 Å². The van der Waals surface area contributed by atoms with E-state index in [0.717, 1.165) is 5.56 Å². The molecule has 3 amide bonds. The second-order valence-corrected chi connectivity index (χ2v) is 12.7. The normalized spacial score (nSPS) is 15.8. The zero-order valence-electron chi connectivity index (χ0n) is 28.6. The molecule has 13 nitrogen and oxygen atoms in total. The first-order valence-electron chi connectivity index (χ1n) is 16.8. The molecule has 0 radical (unpaired) electrons. The second kappa shape index (κ2) is 15.3. The van der Waals surface area contributed by atoms with Gasteiger partial charge in [-0.1, -0.05) is 36.4 Å². The number of allylic oxidation sites excluding steroid dienone is 1. The average molecular weight is 701 g/mol. The van der Waals surface area contributed by atoms with Gasteiger partial charge in [-0.15, -0.1) is 5.10 Å². The number of anilines is 5. The van der Waals surface area contributed by atoms with Crippen LogP contribution < -0.4 is 27.0 Å². The van der Waals surface area contributed by atoms with Crippen molar-refractivity contribution in [1.82, 2.24) is 15.0 Å². The number of carbonyl (C=O) groups excluding carboxylic acids is 3. The number of hydrogen-bond donors (Lipinski definition) is 6.